The Morgan fingerprint density at radius 2 is 1.38 bits per heavy atom. The van der Waals surface area contributed by atoms with Crippen LogP contribution in [-0.4, -0.2) is 11.7 Å². The van der Waals surface area contributed by atoms with Crippen LogP contribution in [0.1, 0.15) is 71.1 Å². The fourth-order valence-electron chi connectivity index (χ4n) is 2.44. The highest BCUT2D eigenvalue weighted by Crippen LogP contribution is 2.20. The molecule has 0 radical (unpaired) electrons. The van der Waals surface area contributed by atoms with E-state index in [0.717, 1.165) is 12.2 Å². The number of benzene rings is 1. The summed E-state index contributed by atoms with van der Waals surface area (Å²) in [5.74, 6) is 0.285. The molecule has 1 aromatic rings. The zero-order valence-electron chi connectivity index (χ0n) is 13.5. The molecule has 3 heteroatoms. The van der Waals surface area contributed by atoms with Crippen molar-refractivity contribution < 1.29 is 5.11 Å². The van der Waals surface area contributed by atoms with Crippen LogP contribution in [0.25, 0.3) is 0 Å². The van der Waals surface area contributed by atoms with Crippen molar-refractivity contribution in [3.8, 4) is 5.75 Å². The van der Waals surface area contributed by atoms with Crippen LogP contribution in [0, 0.1) is 0 Å². The van der Waals surface area contributed by atoms with Gasteiger partial charge in [0, 0.05) is 6.54 Å². The molecule has 0 aromatic heterocycles. The van der Waals surface area contributed by atoms with Gasteiger partial charge < -0.3 is 10.5 Å². The van der Waals surface area contributed by atoms with Crippen molar-refractivity contribution in [3.05, 3.63) is 24.3 Å². The summed E-state index contributed by atoms with van der Waals surface area (Å²) in [6.45, 7) is 3.20. The van der Waals surface area contributed by atoms with Gasteiger partial charge in [-0.1, -0.05) is 76.8 Å². The molecule has 0 heterocycles. The van der Waals surface area contributed by atoms with Crippen molar-refractivity contribution in [1.29, 1.82) is 0 Å². The summed E-state index contributed by atoms with van der Waals surface area (Å²) in [5, 5.41) is 9.59. The van der Waals surface area contributed by atoms with Crippen molar-refractivity contribution in [1.82, 2.24) is 5.43 Å². The van der Waals surface area contributed by atoms with E-state index in [-0.39, 0.29) is 5.75 Å². The Kier molecular flexibility index (Phi) is 10.6. The molecule has 0 unspecified atom stereocenters. The SMILES string of the molecule is CCCCCCCCCCCCNNc1ccccc1O. The van der Waals surface area contributed by atoms with E-state index in [1.165, 1.54) is 64.2 Å². The summed E-state index contributed by atoms with van der Waals surface area (Å²) in [6.07, 6.45) is 13.5. The summed E-state index contributed by atoms with van der Waals surface area (Å²) in [6, 6.07) is 7.28. The number of hydrogen-bond donors (Lipinski definition) is 3. The van der Waals surface area contributed by atoms with Crippen LogP contribution in [0.3, 0.4) is 0 Å². The lowest BCUT2D eigenvalue weighted by Crippen LogP contribution is -2.22. The van der Waals surface area contributed by atoms with Crippen LogP contribution in [-0.2, 0) is 0 Å². The zero-order valence-corrected chi connectivity index (χ0v) is 13.5. The minimum atomic E-state index is 0.285. The third-order valence-corrected chi connectivity index (χ3v) is 3.78. The highest BCUT2D eigenvalue weighted by atomic mass is 16.3. The number of hydrazine groups is 1. The summed E-state index contributed by atoms with van der Waals surface area (Å²) in [4.78, 5) is 0. The van der Waals surface area contributed by atoms with E-state index in [4.69, 9.17) is 0 Å². The van der Waals surface area contributed by atoms with Crippen LogP contribution >= 0.6 is 0 Å². The molecule has 1 aromatic carbocycles. The van der Waals surface area contributed by atoms with Gasteiger partial charge in [0.25, 0.3) is 0 Å². The molecule has 3 nitrogen and oxygen atoms in total. The van der Waals surface area contributed by atoms with Crippen LogP contribution < -0.4 is 10.9 Å². The van der Waals surface area contributed by atoms with Crippen LogP contribution in [0.15, 0.2) is 24.3 Å². The number of phenols is 1. The maximum Gasteiger partial charge on any atom is 0.139 e. The number of phenolic OH excluding ortho intramolecular Hbond substituents is 1. The van der Waals surface area contributed by atoms with E-state index >= 15 is 0 Å². The van der Waals surface area contributed by atoms with Gasteiger partial charge >= 0.3 is 0 Å². The van der Waals surface area contributed by atoms with Gasteiger partial charge in [0.2, 0.25) is 0 Å². The second-order valence-corrected chi connectivity index (χ2v) is 5.75. The minimum absolute atomic E-state index is 0.285. The van der Waals surface area contributed by atoms with E-state index in [2.05, 4.69) is 17.8 Å². The van der Waals surface area contributed by atoms with Gasteiger partial charge in [0.15, 0.2) is 0 Å². The van der Waals surface area contributed by atoms with Crippen LogP contribution in [0.5, 0.6) is 5.75 Å². The van der Waals surface area contributed by atoms with E-state index in [9.17, 15) is 5.11 Å². The molecule has 0 spiro atoms. The molecular weight excluding hydrogens is 260 g/mol. The molecule has 0 aliphatic rings. The van der Waals surface area contributed by atoms with Gasteiger partial charge in [-0.25, -0.2) is 5.43 Å². The highest BCUT2D eigenvalue weighted by Gasteiger charge is 1.97. The predicted molar refractivity (Wildman–Crippen MR) is 91.6 cm³/mol. The van der Waals surface area contributed by atoms with Gasteiger partial charge in [0.1, 0.15) is 5.75 Å². The first-order valence-electron chi connectivity index (χ1n) is 8.61. The lowest BCUT2D eigenvalue weighted by atomic mass is 10.1. The number of unbranched alkanes of at least 4 members (excludes halogenated alkanes) is 9. The maximum absolute atomic E-state index is 9.59. The Morgan fingerprint density at radius 1 is 0.810 bits per heavy atom. The number of nitrogens with one attached hydrogen (secondary N) is 2. The second-order valence-electron chi connectivity index (χ2n) is 5.75. The van der Waals surface area contributed by atoms with Gasteiger partial charge in [-0.05, 0) is 18.6 Å². The Morgan fingerprint density at radius 3 is 2.00 bits per heavy atom. The zero-order chi connectivity index (χ0) is 15.2. The normalized spacial score (nSPS) is 10.7. The van der Waals surface area contributed by atoms with Gasteiger partial charge in [0.05, 0.1) is 5.69 Å². The molecule has 0 saturated heterocycles. The predicted octanol–water partition coefficient (Wildman–Crippen LogP) is 5.23. The average Bonchev–Trinajstić information content (AvgIpc) is 2.50. The van der Waals surface area contributed by atoms with Gasteiger partial charge in [-0.15, -0.1) is 0 Å². The topological polar surface area (TPSA) is 44.3 Å². The number of anilines is 1. The number of hydrogen-bond acceptors (Lipinski definition) is 3. The second kappa shape index (κ2) is 12.5. The monoisotopic (exact) mass is 292 g/mol. The quantitative estimate of drug-likeness (QED) is 0.265. The minimum Gasteiger partial charge on any atom is -0.506 e. The van der Waals surface area contributed by atoms with E-state index in [1.54, 1.807) is 6.07 Å². The molecule has 0 saturated carbocycles. The summed E-state index contributed by atoms with van der Waals surface area (Å²) < 4.78 is 0. The maximum atomic E-state index is 9.59. The molecule has 0 aliphatic carbocycles. The fourth-order valence-corrected chi connectivity index (χ4v) is 2.44. The molecular formula is C18H32N2O. The van der Waals surface area contributed by atoms with E-state index in [0.29, 0.717) is 0 Å². The number of rotatable bonds is 13. The molecule has 0 fully saturated rings. The lowest BCUT2D eigenvalue weighted by molar-refractivity contribution is 0.476. The van der Waals surface area contributed by atoms with E-state index < -0.39 is 0 Å². The molecule has 0 aliphatic heterocycles. The lowest BCUT2D eigenvalue weighted by Gasteiger charge is -2.09. The van der Waals surface area contributed by atoms with Gasteiger partial charge in [-0.2, -0.15) is 0 Å². The smallest absolute Gasteiger partial charge is 0.139 e. The largest absolute Gasteiger partial charge is 0.506 e. The summed E-state index contributed by atoms with van der Waals surface area (Å²) in [7, 11) is 0. The van der Waals surface area contributed by atoms with Crippen molar-refractivity contribution >= 4 is 5.69 Å². The summed E-state index contributed by atoms with van der Waals surface area (Å²) in [5.41, 5.74) is 6.94. The third-order valence-electron chi connectivity index (χ3n) is 3.78. The first-order valence-corrected chi connectivity index (χ1v) is 8.61. The molecule has 120 valence electrons. The first-order chi connectivity index (χ1) is 10.3. The molecule has 21 heavy (non-hydrogen) atoms. The van der Waals surface area contributed by atoms with Crippen molar-refractivity contribution in [2.45, 2.75) is 71.1 Å². The Labute approximate surface area is 130 Å². The fraction of sp³-hybridized carbons (Fsp3) is 0.667. The van der Waals surface area contributed by atoms with Crippen molar-refractivity contribution in [2.24, 2.45) is 0 Å². The molecule has 1 rings (SSSR count). The Hall–Kier alpha value is -1.22. The molecule has 3 N–H and O–H groups in total. The molecule has 0 bridgehead atoms. The van der Waals surface area contributed by atoms with Crippen molar-refractivity contribution in [2.75, 3.05) is 12.0 Å². The number of para-hydroxylation sites is 2. The van der Waals surface area contributed by atoms with E-state index in [1.807, 2.05) is 18.2 Å². The first kappa shape index (κ1) is 17.8. The van der Waals surface area contributed by atoms with Gasteiger partial charge in [-0.3, -0.25) is 0 Å². The van der Waals surface area contributed by atoms with Crippen LogP contribution in [0.4, 0.5) is 5.69 Å². The van der Waals surface area contributed by atoms with Crippen molar-refractivity contribution in [3.63, 3.8) is 0 Å². The standard InChI is InChI=1S/C18H32N2O/c1-2-3-4-5-6-7-8-9-10-13-16-19-20-17-14-11-12-15-18(17)21/h11-12,14-15,19-21H,2-10,13,16H2,1H3. The Balaban J connectivity index is 1.84. The molecule has 0 amide bonds. The Bertz CT molecular complexity index is 355. The number of aromatic hydroxyl groups is 1. The van der Waals surface area contributed by atoms with Crippen LogP contribution in [0.2, 0.25) is 0 Å². The molecule has 0 atom stereocenters. The third kappa shape index (κ3) is 9.35. The highest BCUT2D eigenvalue weighted by molar-refractivity contribution is 5.54. The summed E-state index contributed by atoms with van der Waals surface area (Å²) >= 11 is 0. The average molecular weight is 292 g/mol.